The van der Waals surface area contributed by atoms with Gasteiger partial charge in [0, 0.05) is 18.1 Å². The molecule has 0 fully saturated rings. The van der Waals surface area contributed by atoms with Crippen LogP contribution in [0.1, 0.15) is 5.56 Å². The van der Waals surface area contributed by atoms with Gasteiger partial charge in [0.2, 0.25) is 10.0 Å². The van der Waals surface area contributed by atoms with Gasteiger partial charge in [-0.15, -0.1) is 0 Å². The molecule has 0 aliphatic heterocycles. The average Bonchev–Trinajstić information content (AvgIpc) is 2.60. The molecule has 0 atom stereocenters. The number of hydrogen-bond acceptors (Lipinski definition) is 4. The number of benzene rings is 2. The van der Waals surface area contributed by atoms with Crippen molar-refractivity contribution in [3.05, 3.63) is 79.8 Å². The predicted molar refractivity (Wildman–Crippen MR) is 101 cm³/mol. The van der Waals surface area contributed by atoms with Crippen molar-refractivity contribution in [2.75, 3.05) is 6.54 Å². The minimum absolute atomic E-state index is 0.0106. The Hall–Kier alpha value is -2.42. The zero-order valence-corrected chi connectivity index (χ0v) is 15.2. The molecule has 0 aliphatic carbocycles. The molecule has 3 aromatic rings. The van der Waals surface area contributed by atoms with Crippen LogP contribution in [-0.2, 0) is 22.3 Å². The summed E-state index contributed by atoms with van der Waals surface area (Å²) in [7, 11) is -3.59. The highest BCUT2D eigenvalue weighted by atomic mass is 35.5. The third-order valence-electron chi connectivity index (χ3n) is 3.81. The second-order valence-corrected chi connectivity index (χ2v) is 7.95. The van der Waals surface area contributed by atoms with Crippen LogP contribution in [0.3, 0.4) is 0 Å². The van der Waals surface area contributed by atoms with E-state index in [1.165, 1.54) is 4.57 Å². The quantitative estimate of drug-likeness (QED) is 0.619. The lowest BCUT2D eigenvalue weighted by Gasteiger charge is -2.11. The maximum absolute atomic E-state index is 12.2. The Kier molecular flexibility index (Phi) is 5.26. The minimum Gasteiger partial charge on any atom is -0.316 e. The summed E-state index contributed by atoms with van der Waals surface area (Å²) in [6.45, 7) is 0.0341. The maximum atomic E-state index is 12.2. The first-order valence-corrected chi connectivity index (χ1v) is 9.82. The molecule has 7 nitrogen and oxygen atoms in total. The number of rotatable bonds is 6. The van der Waals surface area contributed by atoms with E-state index in [1.54, 1.807) is 48.5 Å². The first-order chi connectivity index (χ1) is 12.4. The normalized spacial score (nSPS) is 11.7. The number of aromatic amines is 1. The Bertz CT molecular complexity index is 1150. The summed E-state index contributed by atoms with van der Waals surface area (Å²) in [5.74, 6) is -0.199. The lowest BCUT2D eigenvalue weighted by molar-refractivity contribution is 0.571. The number of nitrogens with zero attached hydrogens (tertiary/aromatic N) is 1. The number of hydrogen-bond donors (Lipinski definition) is 2. The summed E-state index contributed by atoms with van der Waals surface area (Å²) in [5.41, 5.74) is 0.184. The van der Waals surface area contributed by atoms with E-state index in [9.17, 15) is 18.0 Å². The van der Waals surface area contributed by atoms with Crippen LogP contribution in [0.2, 0.25) is 5.02 Å². The molecule has 2 aromatic carbocycles. The Morgan fingerprint density at radius 2 is 1.73 bits per heavy atom. The monoisotopic (exact) mass is 393 g/mol. The SMILES string of the molecule is O=c1[nH]c2ccccc2n(CCNS(=O)(=O)Cc2ccc(Cl)cc2)c1=O. The van der Waals surface area contributed by atoms with Gasteiger partial charge in [-0.1, -0.05) is 35.9 Å². The maximum Gasteiger partial charge on any atom is 0.316 e. The fourth-order valence-electron chi connectivity index (χ4n) is 2.61. The number of fused-ring (bicyclic) bond motifs is 1. The highest BCUT2D eigenvalue weighted by Gasteiger charge is 2.12. The molecule has 0 saturated heterocycles. The van der Waals surface area contributed by atoms with Gasteiger partial charge >= 0.3 is 11.1 Å². The van der Waals surface area contributed by atoms with E-state index >= 15 is 0 Å². The molecule has 0 aliphatic rings. The van der Waals surface area contributed by atoms with Crippen LogP contribution in [0, 0.1) is 0 Å². The standard InChI is InChI=1S/C17H16ClN3O4S/c18-13-7-5-12(6-8-13)11-26(24,25)19-9-10-21-15-4-2-1-3-14(15)20-16(22)17(21)23/h1-8,19H,9-11H2,(H,20,22). The average molecular weight is 394 g/mol. The van der Waals surface area contributed by atoms with Crippen LogP contribution < -0.4 is 15.8 Å². The molecular weight excluding hydrogens is 378 g/mol. The van der Waals surface area contributed by atoms with Crippen LogP contribution in [0.25, 0.3) is 11.0 Å². The lowest BCUT2D eigenvalue weighted by atomic mass is 10.2. The van der Waals surface area contributed by atoms with E-state index in [4.69, 9.17) is 11.6 Å². The summed E-state index contributed by atoms with van der Waals surface area (Å²) in [6.07, 6.45) is 0. The first kappa shape index (κ1) is 18.4. The Morgan fingerprint density at radius 1 is 1.04 bits per heavy atom. The van der Waals surface area contributed by atoms with Crippen molar-refractivity contribution >= 4 is 32.7 Å². The Morgan fingerprint density at radius 3 is 2.46 bits per heavy atom. The number of para-hydroxylation sites is 2. The molecule has 26 heavy (non-hydrogen) atoms. The van der Waals surface area contributed by atoms with Crippen LogP contribution in [-0.4, -0.2) is 24.5 Å². The van der Waals surface area contributed by atoms with Crippen LogP contribution in [0.4, 0.5) is 0 Å². The fraction of sp³-hybridized carbons (Fsp3) is 0.176. The number of H-pyrrole nitrogens is 1. The number of nitrogens with one attached hydrogen (secondary N) is 2. The van der Waals surface area contributed by atoms with Gasteiger partial charge in [0.15, 0.2) is 0 Å². The van der Waals surface area contributed by atoms with Gasteiger partial charge in [-0.2, -0.15) is 0 Å². The van der Waals surface area contributed by atoms with Crippen LogP contribution >= 0.6 is 11.6 Å². The van der Waals surface area contributed by atoms with E-state index in [1.807, 2.05) is 0 Å². The van der Waals surface area contributed by atoms with Crippen LogP contribution in [0.15, 0.2) is 58.1 Å². The zero-order valence-electron chi connectivity index (χ0n) is 13.6. The first-order valence-electron chi connectivity index (χ1n) is 7.79. The summed E-state index contributed by atoms with van der Waals surface area (Å²) >= 11 is 5.78. The molecule has 1 heterocycles. The number of sulfonamides is 1. The summed E-state index contributed by atoms with van der Waals surface area (Å²) in [6, 6.07) is 13.4. The third kappa shape index (κ3) is 4.21. The van der Waals surface area contributed by atoms with Crippen molar-refractivity contribution in [1.29, 1.82) is 0 Å². The predicted octanol–water partition coefficient (Wildman–Crippen LogP) is 1.46. The van der Waals surface area contributed by atoms with Crippen molar-refractivity contribution in [3.8, 4) is 0 Å². The summed E-state index contributed by atoms with van der Waals surface area (Å²) < 4.78 is 28.1. The van der Waals surface area contributed by atoms with Gasteiger partial charge in [-0.3, -0.25) is 9.59 Å². The topological polar surface area (TPSA) is 101 Å². The lowest BCUT2D eigenvalue weighted by Crippen LogP contribution is -2.39. The molecule has 0 saturated carbocycles. The molecule has 1 aromatic heterocycles. The number of aromatic nitrogens is 2. The van der Waals surface area contributed by atoms with E-state index in [0.29, 0.717) is 21.6 Å². The Balaban J connectivity index is 1.74. The van der Waals surface area contributed by atoms with Gasteiger partial charge in [-0.05, 0) is 29.8 Å². The van der Waals surface area contributed by atoms with E-state index in [2.05, 4.69) is 9.71 Å². The molecule has 9 heteroatoms. The van der Waals surface area contributed by atoms with Crippen molar-refractivity contribution in [2.45, 2.75) is 12.3 Å². The highest BCUT2D eigenvalue weighted by molar-refractivity contribution is 7.88. The van der Waals surface area contributed by atoms with Gasteiger partial charge in [-0.25, -0.2) is 13.1 Å². The van der Waals surface area contributed by atoms with E-state index in [0.717, 1.165) is 0 Å². The van der Waals surface area contributed by atoms with Crippen molar-refractivity contribution < 1.29 is 8.42 Å². The molecule has 0 bridgehead atoms. The van der Waals surface area contributed by atoms with Gasteiger partial charge in [0.05, 0.1) is 16.8 Å². The van der Waals surface area contributed by atoms with Crippen molar-refractivity contribution in [2.24, 2.45) is 0 Å². The van der Waals surface area contributed by atoms with E-state index in [-0.39, 0.29) is 18.8 Å². The molecule has 2 N–H and O–H groups in total. The summed E-state index contributed by atoms with van der Waals surface area (Å²) in [4.78, 5) is 26.3. The zero-order chi connectivity index (χ0) is 18.7. The second-order valence-electron chi connectivity index (χ2n) is 5.71. The van der Waals surface area contributed by atoms with Crippen molar-refractivity contribution in [3.63, 3.8) is 0 Å². The number of halogens is 1. The largest absolute Gasteiger partial charge is 0.316 e. The summed E-state index contributed by atoms with van der Waals surface area (Å²) in [5, 5.41) is 0.527. The second kappa shape index (κ2) is 7.45. The molecule has 0 unspecified atom stereocenters. The fourth-order valence-corrected chi connectivity index (χ4v) is 3.87. The molecule has 3 rings (SSSR count). The van der Waals surface area contributed by atoms with Gasteiger partial charge < -0.3 is 9.55 Å². The third-order valence-corrected chi connectivity index (χ3v) is 5.42. The van der Waals surface area contributed by atoms with Crippen molar-refractivity contribution in [1.82, 2.24) is 14.3 Å². The van der Waals surface area contributed by atoms with E-state index < -0.39 is 21.1 Å². The van der Waals surface area contributed by atoms with Gasteiger partial charge in [0.1, 0.15) is 0 Å². The van der Waals surface area contributed by atoms with Gasteiger partial charge in [0.25, 0.3) is 0 Å². The Labute approximate surface area is 154 Å². The highest BCUT2D eigenvalue weighted by Crippen LogP contribution is 2.11. The molecule has 136 valence electrons. The molecule has 0 spiro atoms. The smallest absolute Gasteiger partial charge is 0.316 e. The molecule has 0 amide bonds. The minimum atomic E-state index is -3.59. The molecular formula is C17H16ClN3O4S. The van der Waals surface area contributed by atoms with Crippen LogP contribution in [0.5, 0.6) is 0 Å². The molecule has 0 radical (unpaired) electrons.